The minimum Gasteiger partial charge on any atom is -0.364 e. The van der Waals surface area contributed by atoms with Crippen LogP contribution in [0.5, 0.6) is 0 Å². The third kappa shape index (κ3) is 1.34. The fourth-order valence-electron chi connectivity index (χ4n) is 1.31. The van der Waals surface area contributed by atoms with Crippen molar-refractivity contribution < 1.29 is 0 Å². The molecule has 2 rings (SSSR count). The van der Waals surface area contributed by atoms with E-state index < -0.39 is 0 Å². The summed E-state index contributed by atoms with van der Waals surface area (Å²) in [5.74, 6) is 0. The number of rotatable bonds is 1. The van der Waals surface area contributed by atoms with E-state index in [1.54, 1.807) is 0 Å². The molecule has 1 aliphatic rings. The first-order chi connectivity index (χ1) is 5.88. The van der Waals surface area contributed by atoms with Gasteiger partial charge in [-0.2, -0.15) is 0 Å². The highest BCUT2D eigenvalue weighted by Gasteiger charge is 2.17. The van der Waals surface area contributed by atoms with Gasteiger partial charge in [0.25, 0.3) is 0 Å². The second-order valence-corrected chi connectivity index (χ2v) is 3.84. The Hall–Kier alpha value is -0.890. The second-order valence-electron chi connectivity index (χ2n) is 2.85. The van der Waals surface area contributed by atoms with E-state index in [2.05, 4.69) is 53.9 Å². The Bertz CT molecular complexity index is 281. The summed E-state index contributed by atoms with van der Waals surface area (Å²) in [7, 11) is 2.11. The topological polar surface area (TPSA) is 3.24 Å². The van der Waals surface area contributed by atoms with E-state index in [9.17, 15) is 0 Å². The third-order valence-electron chi connectivity index (χ3n) is 1.96. The van der Waals surface area contributed by atoms with Crippen molar-refractivity contribution >= 4 is 11.8 Å². The summed E-state index contributed by atoms with van der Waals surface area (Å²) < 4.78 is 0. The molecule has 1 atom stereocenters. The van der Waals surface area contributed by atoms with Crippen LogP contribution >= 0.6 is 11.8 Å². The van der Waals surface area contributed by atoms with E-state index in [1.165, 1.54) is 5.56 Å². The number of nitrogens with zero attached hydrogens (tertiary/aromatic N) is 1. The number of thioether (sulfide) groups is 1. The molecule has 0 fully saturated rings. The Balaban J connectivity index is 2.22. The number of benzene rings is 1. The molecular weight excluding hydrogens is 166 g/mol. The summed E-state index contributed by atoms with van der Waals surface area (Å²) in [5, 5.41) is 2.61. The predicted octanol–water partition coefficient (Wildman–Crippen LogP) is 2.84. The van der Waals surface area contributed by atoms with Gasteiger partial charge in [0.2, 0.25) is 0 Å². The highest BCUT2D eigenvalue weighted by Crippen LogP contribution is 2.36. The minimum atomic E-state index is 0.478. The standard InChI is InChI=1S/C10H11NS/c1-11-7-8-12-10(11)9-5-3-2-4-6-9/h2-8,10H,1H3. The fourth-order valence-corrected chi connectivity index (χ4v) is 2.30. The monoisotopic (exact) mass is 177 g/mol. The van der Waals surface area contributed by atoms with Gasteiger partial charge in [0, 0.05) is 13.2 Å². The SMILES string of the molecule is CN1C=CSC1c1ccccc1. The average Bonchev–Trinajstić information content (AvgIpc) is 2.53. The number of hydrogen-bond acceptors (Lipinski definition) is 2. The summed E-state index contributed by atoms with van der Waals surface area (Å²) in [6, 6.07) is 10.6. The summed E-state index contributed by atoms with van der Waals surface area (Å²) in [6.45, 7) is 0. The second kappa shape index (κ2) is 3.23. The molecule has 0 N–H and O–H groups in total. The van der Waals surface area contributed by atoms with Crippen LogP contribution in [0.1, 0.15) is 10.9 Å². The number of hydrogen-bond donors (Lipinski definition) is 0. The van der Waals surface area contributed by atoms with Crippen molar-refractivity contribution in [3.05, 3.63) is 47.5 Å². The molecule has 2 heteroatoms. The van der Waals surface area contributed by atoms with Crippen LogP contribution in [0.3, 0.4) is 0 Å². The van der Waals surface area contributed by atoms with E-state index in [0.717, 1.165) is 0 Å². The molecule has 0 radical (unpaired) electrons. The summed E-state index contributed by atoms with van der Waals surface area (Å²) in [6.07, 6.45) is 2.11. The van der Waals surface area contributed by atoms with Gasteiger partial charge in [-0.3, -0.25) is 0 Å². The van der Waals surface area contributed by atoms with Crippen LogP contribution in [0, 0.1) is 0 Å². The fraction of sp³-hybridized carbons (Fsp3) is 0.200. The maximum absolute atomic E-state index is 2.22. The quantitative estimate of drug-likeness (QED) is 0.649. The van der Waals surface area contributed by atoms with Gasteiger partial charge in [0.05, 0.1) is 0 Å². The van der Waals surface area contributed by atoms with E-state index >= 15 is 0 Å². The zero-order valence-electron chi connectivity index (χ0n) is 6.97. The van der Waals surface area contributed by atoms with E-state index in [0.29, 0.717) is 5.37 Å². The van der Waals surface area contributed by atoms with E-state index in [1.807, 2.05) is 11.8 Å². The molecule has 1 aliphatic heterocycles. The van der Waals surface area contributed by atoms with Crippen molar-refractivity contribution in [3.63, 3.8) is 0 Å². The Morgan fingerprint density at radius 3 is 2.58 bits per heavy atom. The highest BCUT2D eigenvalue weighted by atomic mass is 32.2. The Labute approximate surface area is 77.1 Å². The van der Waals surface area contributed by atoms with Gasteiger partial charge >= 0.3 is 0 Å². The lowest BCUT2D eigenvalue weighted by molar-refractivity contribution is 0.449. The lowest BCUT2D eigenvalue weighted by Crippen LogP contribution is -2.11. The molecule has 1 unspecified atom stereocenters. The van der Waals surface area contributed by atoms with Gasteiger partial charge in [-0.15, -0.1) is 11.8 Å². The van der Waals surface area contributed by atoms with Crippen molar-refractivity contribution in [1.82, 2.24) is 4.90 Å². The van der Waals surface area contributed by atoms with Crippen LogP contribution < -0.4 is 0 Å². The van der Waals surface area contributed by atoms with Crippen LogP contribution in [0.15, 0.2) is 41.9 Å². The zero-order valence-corrected chi connectivity index (χ0v) is 7.79. The predicted molar refractivity (Wildman–Crippen MR) is 53.7 cm³/mol. The lowest BCUT2D eigenvalue weighted by Gasteiger charge is -2.19. The molecule has 1 heterocycles. The summed E-state index contributed by atoms with van der Waals surface area (Å²) in [5.41, 5.74) is 1.37. The molecule has 1 aromatic carbocycles. The molecule has 0 aromatic heterocycles. The van der Waals surface area contributed by atoms with Crippen LogP contribution in [-0.4, -0.2) is 11.9 Å². The van der Waals surface area contributed by atoms with Crippen LogP contribution in [0.4, 0.5) is 0 Å². The summed E-state index contributed by atoms with van der Waals surface area (Å²) >= 11 is 1.85. The van der Waals surface area contributed by atoms with Gasteiger partial charge in [0.15, 0.2) is 0 Å². The first kappa shape index (κ1) is 7.74. The van der Waals surface area contributed by atoms with Crippen molar-refractivity contribution in [2.75, 3.05) is 7.05 Å². The van der Waals surface area contributed by atoms with Crippen LogP contribution in [-0.2, 0) is 0 Å². The molecular formula is C10H11NS. The van der Waals surface area contributed by atoms with Gasteiger partial charge in [-0.1, -0.05) is 30.3 Å². The molecule has 0 aliphatic carbocycles. The van der Waals surface area contributed by atoms with E-state index in [4.69, 9.17) is 0 Å². The normalized spacial score (nSPS) is 21.8. The lowest BCUT2D eigenvalue weighted by atomic mass is 10.2. The average molecular weight is 177 g/mol. The highest BCUT2D eigenvalue weighted by molar-refractivity contribution is 8.02. The smallest absolute Gasteiger partial charge is 0.104 e. The molecule has 0 amide bonds. The van der Waals surface area contributed by atoms with Crippen molar-refractivity contribution in [2.24, 2.45) is 0 Å². The summed E-state index contributed by atoms with van der Waals surface area (Å²) in [4.78, 5) is 2.22. The maximum Gasteiger partial charge on any atom is 0.104 e. The Kier molecular flexibility index (Phi) is 2.09. The van der Waals surface area contributed by atoms with Crippen molar-refractivity contribution in [3.8, 4) is 0 Å². The maximum atomic E-state index is 2.22. The van der Waals surface area contributed by atoms with Crippen molar-refractivity contribution in [1.29, 1.82) is 0 Å². The van der Waals surface area contributed by atoms with Gasteiger partial charge < -0.3 is 4.90 Å². The minimum absolute atomic E-state index is 0.478. The molecule has 62 valence electrons. The van der Waals surface area contributed by atoms with Gasteiger partial charge in [0.1, 0.15) is 5.37 Å². The first-order valence-electron chi connectivity index (χ1n) is 3.97. The van der Waals surface area contributed by atoms with Gasteiger partial charge in [-0.05, 0) is 11.0 Å². The van der Waals surface area contributed by atoms with Crippen molar-refractivity contribution in [2.45, 2.75) is 5.37 Å². The molecule has 12 heavy (non-hydrogen) atoms. The van der Waals surface area contributed by atoms with Gasteiger partial charge in [-0.25, -0.2) is 0 Å². The Morgan fingerprint density at radius 1 is 1.25 bits per heavy atom. The zero-order chi connectivity index (χ0) is 8.39. The molecule has 0 saturated heterocycles. The molecule has 0 saturated carbocycles. The molecule has 0 spiro atoms. The van der Waals surface area contributed by atoms with E-state index in [-0.39, 0.29) is 0 Å². The first-order valence-corrected chi connectivity index (χ1v) is 4.91. The molecule has 1 aromatic rings. The van der Waals surface area contributed by atoms with Crippen LogP contribution in [0.25, 0.3) is 0 Å². The van der Waals surface area contributed by atoms with Crippen LogP contribution in [0.2, 0.25) is 0 Å². The third-order valence-corrected chi connectivity index (χ3v) is 3.10. The molecule has 0 bridgehead atoms. The largest absolute Gasteiger partial charge is 0.364 e. The molecule has 1 nitrogen and oxygen atoms in total. The Morgan fingerprint density at radius 2 is 2.00 bits per heavy atom.